The fourth-order valence-corrected chi connectivity index (χ4v) is 7.78. The highest BCUT2D eigenvalue weighted by atomic mass is 16.5. The molecule has 2 bridgehead atoms. The fraction of sp³-hybridized carbons (Fsp3) is 0.382. The maximum atomic E-state index is 14.9. The molecule has 3 fully saturated rings. The fourth-order valence-electron chi connectivity index (χ4n) is 7.78. The minimum atomic E-state index is -1.31. The third-order valence-electron chi connectivity index (χ3n) is 9.66. The minimum absolute atomic E-state index is 0.181. The molecule has 0 aromatic heterocycles. The summed E-state index contributed by atoms with van der Waals surface area (Å²) in [7, 11) is 0. The molecule has 0 radical (unpaired) electrons. The second-order valence-electron chi connectivity index (χ2n) is 11.7. The predicted octanol–water partition coefficient (Wildman–Crippen LogP) is 4.20. The monoisotopic (exact) mass is 568 g/mol. The summed E-state index contributed by atoms with van der Waals surface area (Å²) in [5, 5.41) is 23.0. The van der Waals surface area contributed by atoms with Crippen LogP contribution in [0.5, 0.6) is 0 Å². The first kappa shape index (κ1) is 28.1. The molecule has 3 heterocycles. The van der Waals surface area contributed by atoms with Gasteiger partial charge < -0.3 is 24.7 Å². The summed E-state index contributed by atoms with van der Waals surface area (Å²) in [5.74, 6) is -4.00. The number of amides is 2. The molecule has 3 saturated heterocycles. The van der Waals surface area contributed by atoms with Crippen LogP contribution < -0.4 is 4.90 Å². The Labute approximate surface area is 245 Å². The largest absolute Gasteiger partial charge is 0.481 e. The van der Waals surface area contributed by atoms with Crippen molar-refractivity contribution < 1.29 is 29.3 Å². The van der Waals surface area contributed by atoms with E-state index in [-0.39, 0.29) is 19.1 Å². The number of nitrogens with zero attached hydrogens (tertiary/aromatic N) is 2. The Morgan fingerprint density at radius 2 is 1.81 bits per heavy atom. The Kier molecular flexibility index (Phi) is 7.15. The van der Waals surface area contributed by atoms with Crippen LogP contribution in [0.4, 0.5) is 5.69 Å². The van der Waals surface area contributed by atoms with Gasteiger partial charge in [-0.25, -0.2) is 0 Å². The molecule has 42 heavy (non-hydrogen) atoms. The summed E-state index contributed by atoms with van der Waals surface area (Å²) in [6.45, 7) is 5.56. The van der Waals surface area contributed by atoms with E-state index in [9.17, 15) is 24.6 Å². The lowest BCUT2D eigenvalue weighted by Gasteiger charge is -2.39. The molecular weight excluding hydrogens is 532 g/mol. The van der Waals surface area contributed by atoms with Gasteiger partial charge in [0.2, 0.25) is 5.91 Å². The van der Waals surface area contributed by atoms with Gasteiger partial charge in [0, 0.05) is 12.2 Å². The van der Waals surface area contributed by atoms with Gasteiger partial charge >= 0.3 is 5.97 Å². The number of carbonyl (C=O) groups excluding carboxylic acids is 2. The number of hydrogen-bond donors (Lipinski definition) is 2. The molecule has 6 rings (SSSR count). The zero-order valence-electron chi connectivity index (χ0n) is 23.7. The number of carboxylic acid groups (broad SMARTS) is 1. The van der Waals surface area contributed by atoms with Crippen LogP contribution in [0.1, 0.15) is 31.7 Å². The van der Waals surface area contributed by atoms with Gasteiger partial charge in [-0.2, -0.15) is 0 Å². The van der Waals surface area contributed by atoms with Gasteiger partial charge in [0.05, 0.1) is 24.2 Å². The highest BCUT2D eigenvalue weighted by Gasteiger charge is 2.79. The Morgan fingerprint density at radius 3 is 2.48 bits per heavy atom. The minimum Gasteiger partial charge on any atom is -0.481 e. The van der Waals surface area contributed by atoms with Crippen LogP contribution in [-0.4, -0.2) is 69.3 Å². The lowest BCUT2D eigenvalue weighted by Crippen LogP contribution is -2.59. The van der Waals surface area contributed by atoms with E-state index in [4.69, 9.17) is 4.74 Å². The van der Waals surface area contributed by atoms with Crippen molar-refractivity contribution in [1.29, 1.82) is 0 Å². The van der Waals surface area contributed by atoms with Crippen molar-refractivity contribution in [3.8, 4) is 0 Å². The summed E-state index contributed by atoms with van der Waals surface area (Å²) in [6, 6.07) is 21.2. The molecule has 0 saturated carbocycles. The molecule has 3 aromatic rings. The molecule has 2 N–H and O–H groups in total. The molecule has 2 unspecified atom stereocenters. The van der Waals surface area contributed by atoms with Gasteiger partial charge in [-0.15, -0.1) is 6.58 Å². The second-order valence-corrected chi connectivity index (χ2v) is 11.7. The molecule has 3 aliphatic rings. The van der Waals surface area contributed by atoms with Crippen molar-refractivity contribution in [2.24, 2.45) is 11.8 Å². The molecule has 8 heteroatoms. The number of likely N-dealkylation sites (tertiary alicyclic amines) is 1. The van der Waals surface area contributed by atoms with Crippen molar-refractivity contribution in [3.63, 3.8) is 0 Å². The highest BCUT2D eigenvalue weighted by molar-refractivity contribution is 6.05. The van der Waals surface area contributed by atoms with E-state index in [0.717, 1.165) is 16.3 Å². The number of aliphatic hydroxyl groups excluding tert-OH is 1. The standard InChI is InChI=1S/C34H36N2O6/c1-3-18-35(25-15-14-23-12-8-9-13-24(23)20-25)31(39)29-34-17-16-33(4-2,42-34)28(32(40)41)27(34)30(38)36(29)26(21-37)19-22-10-6-5-7-11-22/h3,5-15,20,26-29,37H,1,4,16-19,21H2,2H3,(H,40,41)/t26-,27+,28+,29?,33-,34?/m1/s1. The van der Waals surface area contributed by atoms with Gasteiger partial charge in [0.15, 0.2) is 0 Å². The summed E-state index contributed by atoms with van der Waals surface area (Å²) < 4.78 is 6.71. The van der Waals surface area contributed by atoms with E-state index in [0.29, 0.717) is 31.4 Å². The molecule has 6 atom stereocenters. The van der Waals surface area contributed by atoms with Crippen LogP contribution in [0.2, 0.25) is 0 Å². The highest BCUT2D eigenvalue weighted by Crippen LogP contribution is 2.64. The number of anilines is 1. The summed E-state index contributed by atoms with van der Waals surface area (Å²) in [5.41, 5.74) is -0.792. The molecule has 218 valence electrons. The predicted molar refractivity (Wildman–Crippen MR) is 159 cm³/mol. The van der Waals surface area contributed by atoms with E-state index in [1.165, 1.54) is 4.90 Å². The van der Waals surface area contributed by atoms with Crippen LogP contribution in [-0.2, 0) is 25.5 Å². The molecule has 3 aliphatic heterocycles. The van der Waals surface area contributed by atoms with E-state index in [1.807, 2.05) is 79.7 Å². The average Bonchev–Trinajstić information content (AvgIpc) is 3.62. The van der Waals surface area contributed by atoms with Gasteiger partial charge in [-0.1, -0.05) is 73.7 Å². The van der Waals surface area contributed by atoms with Crippen LogP contribution in [0, 0.1) is 11.8 Å². The third-order valence-corrected chi connectivity index (χ3v) is 9.66. The lowest BCUT2D eigenvalue weighted by atomic mass is 9.65. The van der Waals surface area contributed by atoms with Crippen molar-refractivity contribution in [3.05, 3.63) is 91.0 Å². The second kappa shape index (κ2) is 10.7. The van der Waals surface area contributed by atoms with Crippen LogP contribution in [0.15, 0.2) is 85.5 Å². The van der Waals surface area contributed by atoms with E-state index in [1.54, 1.807) is 11.0 Å². The summed E-state index contributed by atoms with van der Waals surface area (Å²) in [6.07, 6.45) is 3.20. The SMILES string of the molecule is C=CCN(C(=O)C1N([C@@H](CO)Cc2ccccc2)C(=O)[C@@H]2[C@@H](C(=O)O)[C@@]3(CC)CCC12O3)c1ccc2ccccc2c1. The Bertz CT molecular complexity index is 1540. The molecule has 1 spiro atoms. The number of carboxylic acids is 1. The zero-order valence-corrected chi connectivity index (χ0v) is 23.7. The summed E-state index contributed by atoms with van der Waals surface area (Å²) >= 11 is 0. The zero-order chi connectivity index (χ0) is 29.6. The molecular formula is C34H36N2O6. The number of ether oxygens (including phenoxy) is 1. The number of aliphatic hydroxyl groups is 1. The number of hydrogen-bond acceptors (Lipinski definition) is 5. The number of fused-ring (bicyclic) bond motifs is 2. The smallest absolute Gasteiger partial charge is 0.310 e. The van der Waals surface area contributed by atoms with Crippen LogP contribution in [0.25, 0.3) is 10.8 Å². The quantitative estimate of drug-likeness (QED) is 0.355. The van der Waals surface area contributed by atoms with Crippen molar-refractivity contribution >= 4 is 34.2 Å². The van der Waals surface area contributed by atoms with Gasteiger partial charge in [-0.05, 0) is 54.2 Å². The van der Waals surface area contributed by atoms with Crippen molar-refractivity contribution in [2.75, 3.05) is 18.1 Å². The van der Waals surface area contributed by atoms with E-state index in [2.05, 4.69) is 6.58 Å². The normalized spacial score (nSPS) is 28.6. The number of aliphatic carboxylic acids is 1. The maximum absolute atomic E-state index is 14.9. The number of benzene rings is 3. The lowest BCUT2D eigenvalue weighted by molar-refractivity contribution is -0.157. The topological polar surface area (TPSA) is 107 Å². The van der Waals surface area contributed by atoms with Gasteiger partial charge in [0.25, 0.3) is 5.91 Å². The van der Waals surface area contributed by atoms with Crippen molar-refractivity contribution in [1.82, 2.24) is 4.90 Å². The van der Waals surface area contributed by atoms with Gasteiger partial charge in [0.1, 0.15) is 17.6 Å². The van der Waals surface area contributed by atoms with Gasteiger partial charge in [-0.3, -0.25) is 14.4 Å². The first-order chi connectivity index (χ1) is 20.3. The third kappa shape index (κ3) is 4.15. The van der Waals surface area contributed by atoms with Crippen molar-refractivity contribution in [2.45, 2.75) is 55.9 Å². The molecule has 2 amide bonds. The molecule has 0 aliphatic carbocycles. The maximum Gasteiger partial charge on any atom is 0.310 e. The Hall–Kier alpha value is -4.01. The van der Waals surface area contributed by atoms with Crippen LogP contribution in [0.3, 0.4) is 0 Å². The molecule has 3 aromatic carbocycles. The van der Waals surface area contributed by atoms with E-state index < -0.39 is 47.0 Å². The Balaban J connectivity index is 1.48. The van der Waals surface area contributed by atoms with Crippen LogP contribution >= 0.6 is 0 Å². The number of rotatable bonds is 10. The summed E-state index contributed by atoms with van der Waals surface area (Å²) in [4.78, 5) is 45.1. The first-order valence-corrected chi connectivity index (χ1v) is 14.6. The Morgan fingerprint density at radius 1 is 1.10 bits per heavy atom. The average molecular weight is 569 g/mol. The van der Waals surface area contributed by atoms with E-state index >= 15 is 0 Å². The number of carbonyl (C=O) groups is 3. The first-order valence-electron chi connectivity index (χ1n) is 14.6. The molecule has 8 nitrogen and oxygen atoms in total.